The van der Waals surface area contributed by atoms with Crippen molar-refractivity contribution in [1.82, 2.24) is 24.7 Å². The lowest BCUT2D eigenvalue weighted by Crippen LogP contribution is -2.14. The van der Waals surface area contributed by atoms with Crippen LogP contribution in [0.25, 0.3) is 22.1 Å². The smallest absolute Gasteiger partial charge is 0.236 e. The van der Waals surface area contributed by atoms with Crippen molar-refractivity contribution in [1.29, 1.82) is 0 Å². The minimum Gasteiger partial charge on any atom is -0.327 e. The van der Waals surface area contributed by atoms with Crippen LogP contribution >= 0.6 is 50.6 Å². The summed E-state index contributed by atoms with van der Waals surface area (Å²) in [5.41, 5.74) is 3.62. The molecule has 0 aliphatic carbocycles. The molecule has 0 aliphatic rings. The van der Waals surface area contributed by atoms with Gasteiger partial charge in [0.25, 0.3) is 0 Å². The van der Waals surface area contributed by atoms with Crippen LogP contribution in [0.3, 0.4) is 0 Å². The van der Waals surface area contributed by atoms with Crippen LogP contribution in [-0.4, -0.2) is 36.4 Å². The van der Waals surface area contributed by atoms with Crippen molar-refractivity contribution in [3.63, 3.8) is 0 Å². The standard InChI is InChI=1S/C22H16BrClN6OS2/c1-30-17-7-4-13(23)9-16(17)19-20(30)27-22(29-28-19)32-11-18(31)26-21-25-10-15(33-21)8-12-2-5-14(24)6-3-12/h2-7,9-10H,8,11H2,1H3,(H,25,26,31). The summed E-state index contributed by atoms with van der Waals surface area (Å²) in [6.45, 7) is 0. The fourth-order valence-corrected chi connectivity index (χ4v) is 5.35. The van der Waals surface area contributed by atoms with E-state index in [1.807, 2.05) is 54.1 Å². The van der Waals surface area contributed by atoms with Gasteiger partial charge in [-0.3, -0.25) is 4.79 Å². The lowest BCUT2D eigenvalue weighted by Gasteiger charge is -2.02. The molecule has 0 spiro atoms. The van der Waals surface area contributed by atoms with E-state index in [1.165, 1.54) is 23.1 Å². The highest BCUT2D eigenvalue weighted by Gasteiger charge is 2.15. The number of fused-ring (bicyclic) bond motifs is 3. The number of halogens is 2. The van der Waals surface area contributed by atoms with Gasteiger partial charge in [-0.05, 0) is 35.9 Å². The lowest BCUT2D eigenvalue weighted by molar-refractivity contribution is -0.113. The van der Waals surface area contributed by atoms with E-state index in [0.717, 1.165) is 43.4 Å². The van der Waals surface area contributed by atoms with Gasteiger partial charge < -0.3 is 9.88 Å². The monoisotopic (exact) mass is 558 g/mol. The minimum absolute atomic E-state index is 0.161. The van der Waals surface area contributed by atoms with Crippen LogP contribution in [0.5, 0.6) is 0 Å². The van der Waals surface area contributed by atoms with Crippen molar-refractivity contribution in [3.05, 3.63) is 68.6 Å². The fourth-order valence-electron chi connectivity index (χ4n) is 3.41. The number of aryl methyl sites for hydroxylation is 1. The van der Waals surface area contributed by atoms with Crippen LogP contribution < -0.4 is 5.32 Å². The van der Waals surface area contributed by atoms with Crippen molar-refractivity contribution in [2.75, 3.05) is 11.1 Å². The molecule has 0 aliphatic heterocycles. The molecule has 0 bridgehead atoms. The van der Waals surface area contributed by atoms with E-state index in [9.17, 15) is 4.79 Å². The fraction of sp³-hybridized carbons (Fsp3) is 0.136. The number of hydrogen-bond acceptors (Lipinski definition) is 7. The van der Waals surface area contributed by atoms with Crippen molar-refractivity contribution in [2.24, 2.45) is 7.05 Å². The van der Waals surface area contributed by atoms with E-state index in [2.05, 4.69) is 41.4 Å². The molecule has 5 rings (SSSR count). The Labute approximate surface area is 210 Å². The number of benzene rings is 2. The number of carbonyl (C=O) groups is 1. The summed E-state index contributed by atoms with van der Waals surface area (Å²) in [6.07, 6.45) is 2.52. The van der Waals surface area contributed by atoms with Gasteiger partial charge in [-0.15, -0.1) is 21.5 Å². The zero-order chi connectivity index (χ0) is 22.9. The third-order valence-electron chi connectivity index (χ3n) is 4.97. The van der Waals surface area contributed by atoms with Crippen LogP contribution in [0, 0.1) is 0 Å². The van der Waals surface area contributed by atoms with E-state index in [4.69, 9.17) is 11.6 Å². The maximum absolute atomic E-state index is 12.4. The second kappa shape index (κ2) is 9.38. The maximum Gasteiger partial charge on any atom is 0.236 e. The zero-order valence-corrected chi connectivity index (χ0v) is 21.2. The van der Waals surface area contributed by atoms with Crippen LogP contribution in [0.1, 0.15) is 10.4 Å². The Kier molecular flexibility index (Phi) is 6.33. The number of nitrogens with zero attached hydrogens (tertiary/aromatic N) is 5. The average molecular weight is 560 g/mol. The molecule has 0 fully saturated rings. The van der Waals surface area contributed by atoms with E-state index < -0.39 is 0 Å². The van der Waals surface area contributed by atoms with E-state index in [1.54, 1.807) is 6.20 Å². The van der Waals surface area contributed by atoms with Crippen LogP contribution in [-0.2, 0) is 18.3 Å². The third-order valence-corrected chi connectivity index (χ3v) is 7.46. The molecular weight excluding hydrogens is 544 g/mol. The highest BCUT2D eigenvalue weighted by molar-refractivity contribution is 9.10. The number of anilines is 1. The maximum atomic E-state index is 12.4. The molecule has 1 N–H and O–H groups in total. The SMILES string of the molecule is Cn1c2ccc(Br)cc2c2nnc(SCC(=O)Nc3ncc(Cc4ccc(Cl)cc4)s3)nc21. The first kappa shape index (κ1) is 22.3. The number of hydrogen-bond donors (Lipinski definition) is 1. The molecule has 7 nitrogen and oxygen atoms in total. The summed E-state index contributed by atoms with van der Waals surface area (Å²) in [5.74, 6) is -0.00790. The molecular formula is C22H16BrClN6OS2. The number of amides is 1. The van der Waals surface area contributed by atoms with Crippen molar-refractivity contribution in [2.45, 2.75) is 11.6 Å². The topological polar surface area (TPSA) is 85.6 Å². The van der Waals surface area contributed by atoms with Gasteiger partial charge in [0.1, 0.15) is 5.52 Å². The van der Waals surface area contributed by atoms with Crippen molar-refractivity contribution < 1.29 is 4.79 Å². The zero-order valence-electron chi connectivity index (χ0n) is 17.2. The van der Waals surface area contributed by atoms with Gasteiger partial charge in [-0.25, -0.2) is 9.97 Å². The highest BCUT2D eigenvalue weighted by atomic mass is 79.9. The van der Waals surface area contributed by atoms with Gasteiger partial charge in [-0.1, -0.05) is 51.4 Å². The summed E-state index contributed by atoms with van der Waals surface area (Å²) in [4.78, 5) is 22.4. The van der Waals surface area contributed by atoms with E-state index >= 15 is 0 Å². The Balaban J connectivity index is 1.23. The van der Waals surface area contributed by atoms with Gasteiger partial charge in [0, 0.05) is 39.4 Å². The third kappa shape index (κ3) is 4.89. The molecule has 0 saturated carbocycles. The van der Waals surface area contributed by atoms with Gasteiger partial charge in [-0.2, -0.15) is 0 Å². The Morgan fingerprint density at radius 3 is 2.85 bits per heavy atom. The number of nitrogens with one attached hydrogen (secondary N) is 1. The molecule has 11 heteroatoms. The second-order valence-electron chi connectivity index (χ2n) is 7.26. The molecule has 0 unspecified atom stereocenters. The predicted octanol–water partition coefficient (Wildman–Crippen LogP) is 5.71. The molecule has 3 aromatic heterocycles. The molecule has 3 heterocycles. The summed E-state index contributed by atoms with van der Waals surface area (Å²) in [6, 6.07) is 13.7. The van der Waals surface area contributed by atoms with Crippen LogP contribution in [0.15, 0.2) is 58.3 Å². The molecule has 33 heavy (non-hydrogen) atoms. The predicted molar refractivity (Wildman–Crippen MR) is 137 cm³/mol. The first-order valence-corrected chi connectivity index (χ1v) is 12.8. The number of carbonyl (C=O) groups excluding carboxylic acids is 1. The minimum atomic E-state index is -0.169. The van der Waals surface area contributed by atoms with E-state index in [0.29, 0.717) is 15.3 Å². The molecule has 166 valence electrons. The van der Waals surface area contributed by atoms with Crippen LogP contribution in [0.4, 0.5) is 5.13 Å². The summed E-state index contributed by atoms with van der Waals surface area (Å²) in [5, 5.41) is 14.1. The first-order chi connectivity index (χ1) is 16.0. The number of thiazole rings is 1. The Hall–Kier alpha value is -2.53. The summed E-state index contributed by atoms with van der Waals surface area (Å²) >= 11 is 12.1. The number of thioether (sulfide) groups is 1. The molecule has 2 aromatic carbocycles. The average Bonchev–Trinajstić information content (AvgIpc) is 3.35. The van der Waals surface area contributed by atoms with Gasteiger partial charge >= 0.3 is 0 Å². The molecule has 1 amide bonds. The Morgan fingerprint density at radius 2 is 2.03 bits per heavy atom. The normalized spacial score (nSPS) is 11.4. The van der Waals surface area contributed by atoms with E-state index in [-0.39, 0.29) is 11.7 Å². The largest absolute Gasteiger partial charge is 0.327 e. The molecule has 0 atom stereocenters. The highest BCUT2D eigenvalue weighted by Crippen LogP contribution is 2.29. The first-order valence-electron chi connectivity index (χ1n) is 9.86. The summed E-state index contributed by atoms with van der Waals surface area (Å²) < 4.78 is 2.95. The van der Waals surface area contributed by atoms with Gasteiger partial charge in [0.2, 0.25) is 11.1 Å². The quantitative estimate of drug-likeness (QED) is 0.268. The summed E-state index contributed by atoms with van der Waals surface area (Å²) in [7, 11) is 1.94. The lowest BCUT2D eigenvalue weighted by atomic mass is 10.1. The number of rotatable bonds is 6. The number of aromatic nitrogens is 5. The Morgan fingerprint density at radius 1 is 1.21 bits per heavy atom. The second-order valence-corrected chi connectivity index (χ2v) is 10.7. The molecule has 5 aromatic rings. The van der Waals surface area contributed by atoms with Crippen molar-refractivity contribution >= 4 is 83.7 Å². The van der Waals surface area contributed by atoms with Gasteiger partial charge in [0.15, 0.2) is 10.8 Å². The van der Waals surface area contributed by atoms with Crippen molar-refractivity contribution in [3.8, 4) is 0 Å². The molecule has 0 radical (unpaired) electrons. The van der Waals surface area contributed by atoms with Gasteiger partial charge in [0.05, 0.1) is 11.3 Å². The van der Waals surface area contributed by atoms with Crippen LogP contribution in [0.2, 0.25) is 5.02 Å². The Bertz CT molecular complexity index is 1480. The molecule has 0 saturated heterocycles.